The molecule has 242 valence electrons. The highest BCUT2D eigenvalue weighted by Crippen LogP contribution is 2.21. The average Bonchev–Trinajstić information content (AvgIpc) is 3.09. The minimum atomic E-state index is -1.54. The van der Waals surface area contributed by atoms with Crippen molar-refractivity contribution >= 4 is 23.7 Å². The van der Waals surface area contributed by atoms with Gasteiger partial charge in [-0.3, -0.25) is 19.3 Å². The van der Waals surface area contributed by atoms with Crippen molar-refractivity contribution in [3.8, 4) is 5.75 Å². The number of nitrogens with zero attached hydrogens (tertiary/aromatic N) is 1. The van der Waals surface area contributed by atoms with Crippen LogP contribution in [-0.2, 0) is 51.4 Å². The summed E-state index contributed by atoms with van der Waals surface area (Å²) in [6.07, 6.45) is 0.269. The van der Waals surface area contributed by atoms with Crippen LogP contribution in [-0.4, -0.2) is 63.0 Å². The fourth-order valence-corrected chi connectivity index (χ4v) is 5.81. The third-order valence-corrected chi connectivity index (χ3v) is 8.35. The van der Waals surface area contributed by atoms with E-state index in [0.29, 0.717) is 23.2 Å². The number of carbonyl (C=O) groups is 4. The van der Waals surface area contributed by atoms with Gasteiger partial charge in [0.25, 0.3) is 5.91 Å². The second-order valence-corrected chi connectivity index (χ2v) is 11.7. The molecule has 3 amide bonds. The van der Waals surface area contributed by atoms with Crippen molar-refractivity contribution in [3.05, 3.63) is 137 Å². The summed E-state index contributed by atoms with van der Waals surface area (Å²) in [5.41, 5.74) is 10.2. The molecule has 1 aliphatic heterocycles. The van der Waals surface area contributed by atoms with Gasteiger partial charge in [-0.25, -0.2) is 4.79 Å². The number of fused-ring (bicyclic) bond motifs is 1. The van der Waals surface area contributed by atoms with Crippen molar-refractivity contribution in [2.75, 3.05) is 0 Å². The van der Waals surface area contributed by atoms with Crippen LogP contribution in [0.3, 0.4) is 0 Å². The number of carboxylic acid groups (broad SMARTS) is 1. The smallest absolute Gasteiger partial charge is 0.327 e. The zero-order valence-corrected chi connectivity index (χ0v) is 25.8. The number of rotatable bonds is 12. The molecule has 0 fully saturated rings. The molecule has 0 spiro atoms. The van der Waals surface area contributed by atoms with Crippen molar-refractivity contribution in [1.29, 1.82) is 0 Å². The lowest BCUT2D eigenvalue weighted by Gasteiger charge is -2.35. The van der Waals surface area contributed by atoms with E-state index in [-0.39, 0.29) is 31.4 Å². The van der Waals surface area contributed by atoms with Crippen molar-refractivity contribution in [3.63, 3.8) is 0 Å². The number of carboxylic acids is 1. The molecule has 0 saturated carbocycles. The first-order valence-corrected chi connectivity index (χ1v) is 15.5. The summed E-state index contributed by atoms with van der Waals surface area (Å²) < 4.78 is 0. The summed E-state index contributed by atoms with van der Waals surface area (Å²) in [6.45, 7) is 0.376. The molecule has 0 aliphatic carbocycles. The van der Waals surface area contributed by atoms with Crippen LogP contribution in [0.2, 0.25) is 0 Å². The monoisotopic (exact) mass is 634 g/mol. The number of amides is 3. The van der Waals surface area contributed by atoms with E-state index in [2.05, 4.69) is 10.6 Å². The Morgan fingerprint density at radius 3 is 1.94 bits per heavy atom. The summed E-state index contributed by atoms with van der Waals surface area (Å²) in [7, 11) is 0. The second kappa shape index (κ2) is 15.3. The Morgan fingerprint density at radius 1 is 0.766 bits per heavy atom. The minimum Gasteiger partial charge on any atom is -0.508 e. The largest absolute Gasteiger partial charge is 0.508 e. The SMILES string of the molecule is N[C@@H](Cc1ccc(O)cc1)C(=O)N[C@@H](Cc1ccccc1)C(=O)N(C(=O)C1Cc2ccccc2CN1)[C@@H](Cc1ccccc1)C(=O)O. The van der Waals surface area contributed by atoms with Gasteiger partial charge in [0.2, 0.25) is 11.8 Å². The molecule has 0 radical (unpaired) electrons. The van der Waals surface area contributed by atoms with E-state index in [1.165, 1.54) is 12.1 Å². The normalized spacial score (nSPS) is 15.8. The van der Waals surface area contributed by atoms with Crippen LogP contribution in [0.4, 0.5) is 0 Å². The van der Waals surface area contributed by atoms with Crippen LogP contribution in [0.15, 0.2) is 109 Å². The molecule has 1 heterocycles. The number of phenolic OH excluding ortho intramolecular Hbond substituents is 1. The Bertz CT molecular complexity index is 1700. The molecule has 0 saturated heterocycles. The molecule has 4 atom stereocenters. The van der Waals surface area contributed by atoms with Gasteiger partial charge in [-0.15, -0.1) is 0 Å². The van der Waals surface area contributed by atoms with Gasteiger partial charge in [0.05, 0.1) is 12.1 Å². The van der Waals surface area contributed by atoms with Crippen molar-refractivity contribution in [1.82, 2.24) is 15.5 Å². The first-order valence-electron chi connectivity index (χ1n) is 15.5. The molecule has 0 aromatic heterocycles. The number of aliphatic carboxylic acids is 1. The molecular weight excluding hydrogens is 596 g/mol. The number of hydrogen-bond donors (Lipinski definition) is 5. The first kappa shape index (κ1) is 33.1. The zero-order chi connectivity index (χ0) is 33.3. The van der Waals surface area contributed by atoms with E-state index < -0.39 is 47.9 Å². The number of aromatic hydroxyl groups is 1. The second-order valence-electron chi connectivity index (χ2n) is 11.7. The van der Waals surface area contributed by atoms with Crippen LogP contribution in [0, 0.1) is 0 Å². The molecular formula is C37H38N4O6. The Balaban J connectivity index is 1.48. The van der Waals surface area contributed by atoms with Crippen molar-refractivity contribution in [2.24, 2.45) is 5.73 Å². The van der Waals surface area contributed by atoms with E-state index in [0.717, 1.165) is 16.0 Å². The average molecular weight is 635 g/mol. The molecule has 10 nitrogen and oxygen atoms in total. The number of carbonyl (C=O) groups excluding carboxylic acids is 3. The highest BCUT2D eigenvalue weighted by molar-refractivity contribution is 6.04. The zero-order valence-electron chi connectivity index (χ0n) is 25.8. The number of benzene rings is 4. The van der Waals surface area contributed by atoms with Gasteiger partial charge in [-0.2, -0.15) is 0 Å². The summed E-state index contributed by atoms with van der Waals surface area (Å²) >= 11 is 0. The third kappa shape index (κ3) is 8.49. The first-order chi connectivity index (χ1) is 22.7. The molecule has 1 aliphatic rings. The summed E-state index contributed by atoms with van der Waals surface area (Å²) in [5.74, 6) is -3.44. The highest BCUT2D eigenvalue weighted by atomic mass is 16.4. The van der Waals surface area contributed by atoms with E-state index in [1.54, 1.807) is 66.7 Å². The third-order valence-electron chi connectivity index (χ3n) is 8.35. The summed E-state index contributed by atoms with van der Waals surface area (Å²) in [6, 6.07) is 26.9. The van der Waals surface area contributed by atoms with Gasteiger partial charge in [0, 0.05) is 19.4 Å². The van der Waals surface area contributed by atoms with Gasteiger partial charge in [0.1, 0.15) is 17.8 Å². The number of hydrogen-bond acceptors (Lipinski definition) is 7. The lowest BCUT2D eigenvalue weighted by Crippen LogP contribution is -2.62. The van der Waals surface area contributed by atoms with E-state index in [1.807, 2.05) is 30.3 Å². The highest BCUT2D eigenvalue weighted by Gasteiger charge is 2.42. The molecule has 1 unspecified atom stereocenters. The maximum atomic E-state index is 14.6. The predicted molar refractivity (Wildman–Crippen MR) is 176 cm³/mol. The Morgan fingerprint density at radius 2 is 1.32 bits per heavy atom. The summed E-state index contributed by atoms with van der Waals surface area (Å²) in [4.78, 5) is 56.1. The molecule has 10 heteroatoms. The topological polar surface area (TPSA) is 162 Å². The molecule has 4 aromatic carbocycles. The lowest BCUT2D eigenvalue weighted by atomic mass is 9.93. The Hall–Kier alpha value is -5.32. The maximum absolute atomic E-state index is 14.6. The predicted octanol–water partition coefficient (Wildman–Crippen LogP) is 2.76. The fourth-order valence-electron chi connectivity index (χ4n) is 5.81. The van der Waals surface area contributed by atoms with Crippen LogP contribution in [0.1, 0.15) is 27.8 Å². The van der Waals surface area contributed by atoms with Gasteiger partial charge in [-0.1, -0.05) is 97.1 Å². The van der Waals surface area contributed by atoms with Crippen LogP contribution < -0.4 is 16.4 Å². The fraction of sp³-hybridized carbons (Fsp3) is 0.243. The van der Waals surface area contributed by atoms with E-state index >= 15 is 0 Å². The molecule has 4 aromatic rings. The maximum Gasteiger partial charge on any atom is 0.327 e. The van der Waals surface area contributed by atoms with Gasteiger partial charge >= 0.3 is 5.97 Å². The summed E-state index contributed by atoms with van der Waals surface area (Å²) in [5, 5.41) is 26.0. The van der Waals surface area contributed by atoms with Crippen LogP contribution in [0.25, 0.3) is 0 Å². The van der Waals surface area contributed by atoms with Crippen LogP contribution in [0.5, 0.6) is 5.75 Å². The van der Waals surface area contributed by atoms with Gasteiger partial charge < -0.3 is 26.6 Å². The van der Waals surface area contributed by atoms with Gasteiger partial charge in [-0.05, 0) is 52.8 Å². The van der Waals surface area contributed by atoms with Crippen LogP contribution >= 0.6 is 0 Å². The van der Waals surface area contributed by atoms with Crippen molar-refractivity contribution in [2.45, 2.75) is 56.4 Å². The Kier molecular flexibility index (Phi) is 10.8. The van der Waals surface area contributed by atoms with E-state index in [4.69, 9.17) is 5.73 Å². The lowest BCUT2D eigenvalue weighted by molar-refractivity contribution is -0.160. The molecule has 47 heavy (non-hydrogen) atoms. The molecule has 5 rings (SSSR count). The molecule has 6 N–H and O–H groups in total. The number of phenols is 1. The molecule has 0 bridgehead atoms. The van der Waals surface area contributed by atoms with Gasteiger partial charge in [0.15, 0.2) is 0 Å². The number of nitrogens with one attached hydrogen (secondary N) is 2. The number of imide groups is 1. The quantitative estimate of drug-likeness (QED) is 0.159. The van der Waals surface area contributed by atoms with E-state index in [9.17, 15) is 29.4 Å². The minimum absolute atomic E-state index is 0.000270. The van der Waals surface area contributed by atoms with Crippen molar-refractivity contribution < 1.29 is 29.4 Å². The standard InChI is InChI=1S/C37H38N4O6/c38-30(19-26-15-17-29(42)18-16-26)34(43)40-32(20-24-9-3-1-4-10-24)36(45)41(33(37(46)47)21-25-11-5-2-6-12-25)35(44)31-22-27-13-7-8-14-28(27)23-39-31/h1-18,30-33,39,42H,19-23,38H2,(H,40,43)(H,46,47)/t30-,31?,32-,33-/m0/s1. The Labute approximate surface area is 273 Å². The number of nitrogens with two attached hydrogens (primary N) is 1.